The number of aryl methyl sites for hydroxylation is 3. The standard InChI is InChI=1S/C21H27N3O5S/c1-6-16-10-8-9-15(4)20(16)22-21(25)18(7-2)23(30(5,28)29)19-13-17(24(26)27)12-11-14(19)3/h8-13,18H,6-7H2,1-5H3,(H,22,25)/t18-/m0/s1. The minimum absolute atomic E-state index is 0.120. The Morgan fingerprint density at radius 3 is 2.37 bits per heavy atom. The van der Waals surface area contributed by atoms with Gasteiger partial charge < -0.3 is 5.32 Å². The van der Waals surface area contributed by atoms with Crippen molar-refractivity contribution in [3.8, 4) is 0 Å². The summed E-state index contributed by atoms with van der Waals surface area (Å²) < 4.78 is 26.4. The molecule has 0 aliphatic carbocycles. The highest BCUT2D eigenvalue weighted by Gasteiger charge is 2.33. The second-order valence-corrected chi connectivity index (χ2v) is 9.02. The topological polar surface area (TPSA) is 110 Å². The monoisotopic (exact) mass is 433 g/mol. The molecule has 0 heterocycles. The first-order valence-corrected chi connectivity index (χ1v) is 11.5. The van der Waals surface area contributed by atoms with E-state index in [2.05, 4.69) is 5.32 Å². The number of nitro benzene ring substituents is 1. The van der Waals surface area contributed by atoms with Gasteiger partial charge in [-0.25, -0.2) is 8.42 Å². The lowest BCUT2D eigenvalue weighted by Gasteiger charge is -2.31. The number of benzene rings is 2. The molecule has 1 amide bonds. The number of rotatable bonds is 8. The summed E-state index contributed by atoms with van der Waals surface area (Å²) >= 11 is 0. The van der Waals surface area contributed by atoms with Crippen LogP contribution in [0.5, 0.6) is 0 Å². The summed E-state index contributed by atoms with van der Waals surface area (Å²) in [5, 5.41) is 14.1. The third-order valence-electron chi connectivity index (χ3n) is 4.96. The molecular formula is C21H27N3O5S. The van der Waals surface area contributed by atoms with E-state index in [0.717, 1.165) is 21.7 Å². The minimum atomic E-state index is -3.91. The number of non-ortho nitro benzene ring substituents is 1. The molecule has 2 aromatic rings. The average Bonchev–Trinajstić information content (AvgIpc) is 2.67. The second kappa shape index (κ2) is 9.25. The van der Waals surface area contributed by atoms with Crippen molar-refractivity contribution in [2.45, 2.75) is 46.6 Å². The van der Waals surface area contributed by atoms with Crippen molar-refractivity contribution in [1.29, 1.82) is 0 Å². The van der Waals surface area contributed by atoms with E-state index >= 15 is 0 Å². The zero-order valence-corrected chi connectivity index (χ0v) is 18.6. The molecule has 0 bridgehead atoms. The lowest BCUT2D eigenvalue weighted by atomic mass is 10.0. The van der Waals surface area contributed by atoms with E-state index in [1.165, 1.54) is 18.2 Å². The van der Waals surface area contributed by atoms with E-state index in [9.17, 15) is 23.3 Å². The Kier molecular flexibility index (Phi) is 7.20. The number of para-hydroxylation sites is 1. The molecule has 0 spiro atoms. The van der Waals surface area contributed by atoms with Gasteiger partial charge in [0, 0.05) is 17.8 Å². The number of sulfonamides is 1. The molecule has 0 aliphatic rings. The van der Waals surface area contributed by atoms with E-state index in [1.807, 2.05) is 32.0 Å². The fourth-order valence-electron chi connectivity index (χ4n) is 3.39. The highest BCUT2D eigenvalue weighted by atomic mass is 32.2. The van der Waals surface area contributed by atoms with Gasteiger partial charge in [0.25, 0.3) is 5.69 Å². The third-order valence-corrected chi connectivity index (χ3v) is 6.12. The maximum absolute atomic E-state index is 13.2. The molecule has 0 unspecified atom stereocenters. The molecule has 0 aromatic heterocycles. The Morgan fingerprint density at radius 1 is 1.17 bits per heavy atom. The Labute approximate surface area is 177 Å². The highest BCUT2D eigenvalue weighted by Crippen LogP contribution is 2.31. The highest BCUT2D eigenvalue weighted by molar-refractivity contribution is 7.92. The van der Waals surface area contributed by atoms with Gasteiger partial charge in [-0.05, 0) is 43.4 Å². The van der Waals surface area contributed by atoms with Crippen LogP contribution in [0.1, 0.15) is 37.0 Å². The van der Waals surface area contributed by atoms with Crippen LogP contribution in [0.2, 0.25) is 0 Å². The third kappa shape index (κ3) is 4.96. The molecule has 162 valence electrons. The molecule has 0 radical (unpaired) electrons. The summed E-state index contributed by atoms with van der Waals surface area (Å²) in [5.41, 5.74) is 2.86. The summed E-state index contributed by atoms with van der Waals surface area (Å²) in [6.45, 7) is 7.19. The number of amides is 1. The fraction of sp³-hybridized carbons (Fsp3) is 0.381. The molecule has 30 heavy (non-hydrogen) atoms. The molecule has 2 rings (SSSR count). The average molecular weight is 434 g/mol. The normalized spacial score (nSPS) is 12.3. The zero-order valence-electron chi connectivity index (χ0n) is 17.8. The fourth-order valence-corrected chi connectivity index (χ4v) is 4.65. The van der Waals surface area contributed by atoms with Crippen LogP contribution in [0.4, 0.5) is 17.1 Å². The number of nitrogens with zero attached hydrogens (tertiary/aromatic N) is 2. The molecular weight excluding hydrogens is 406 g/mol. The summed E-state index contributed by atoms with van der Waals surface area (Å²) in [6.07, 6.45) is 1.88. The van der Waals surface area contributed by atoms with Gasteiger partial charge in [0.05, 0.1) is 16.9 Å². The molecule has 0 fully saturated rings. The predicted molar refractivity (Wildman–Crippen MR) is 118 cm³/mol. The summed E-state index contributed by atoms with van der Waals surface area (Å²) in [4.78, 5) is 23.8. The maximum atomic E-state index is 13.2. The zero-order chi connectivity index (χ0) is 22.6. The van der Waals surface area contributed by atoms with Crippen LogP contribution >= 0.6 is 0 Å². The van der Waals surface area contributed by atoms with Gasteiger partial charge in [-0.15, -0.1) is 0 Å². The first kappa shape index (κ1) is 23.3. The van der Waals surface area contributed by atoms with Gasteiger partial charge in [-0.2, -0.15) is 0 Å². The molecule has 1 N–H and O–H groups in total. The van der Waals surface area contributed by atoms with Crippen molar-refractivity contribution in [3.05, 3.63) is 63.2 Å². The van der Waals surface area contributed by atoms with Gasteiger partial charge in [0.2, 0.25) is 15.9 Å². The summed E-state index contributed by atoms with van der Waals surface area (Å²) in [6, 6.07) is 8.59. The van der Waals surface area contributed by atoms with Crippen LogP contribution in [0, 0.1) is 24.0 Å². The summed E-state index contributed by atoms with van der Waals surface area (Å²) in [7, 11) is -3.91. The van der Waals surface area contributed by atoms with E-state index in [0.29, 0.717) is 17.7 Å². The van der Waals surface area contributed by atoms with Crippen LogP contribution in [-0.4, -0.2) is 31.5 Å². The van der Waals surface area contributed by atoms with E-state index in [-0.39, 0.29) is 17.8 Å². The number of hydrogen-bond acceptors (Lipinski definition) is 5. The summed E-state index contributed by atoms with van der Waals surface area (Å²) in [5.74, 6) is -0.488. The molecule has 0 aliphatic heterocycles. The lowest BCUT2D eigenvalue weighted by Crippen LogP contribution is -2.47. The quantitative estimate of drug-likeness (QED) is 0.501. The largest absolute Gasteiger partial charge is 0.324 e. The van der Waals surface area contributed by atoms with E-state index < -0.39 is 26.9 Å². The Balaban J connectivity index is 2.55. The number of carbonyl (C=O) groups excluding carboxylic acids is 1. The van der Waals surface area contributed by atoms with Crippen molar-refractivity contribution in [2.24, 2.45) is 0 Å². The molecule has 9 heteroatoms. The van der Waals surface area contributed by atoms with Crippen molar-refractivity contribution in [2.75, 3.05) is 15.9 Å². The van der Waals surface area contributed by atoms with Crippen molar-refractivity contribution in [1.82, 2.24) is 0 Å². The van der Waals surface area contributed by atoms with Gasteiger partial charge in [-0.1, -0.05) is 38.1 Å². The van der Waals surface area contributed by atoms with Crippen molar-refractivity contribution < 1.29 is 18.1 Å². The first-order chi connectivity index (χ1) is 14.0. The van der Waals surface area contributed by atoms with Crippen LogP contribution in [0.3, 0.4) is 0 Å². The van der Waals surface area contributed by atoms with Gasteiger partial charge in [0.1, 0.15) is 6.04 Å². The van der Waals surface area contributed by atoms with Gasteiger partial charge in [-0.3, -0.25) is 19.2 Å². The van der Waals surface area contributed by atoms with Crippen LogP contribution < -0.4 is 9.62 Å². The molecule has 0 saturated heterocycles. The molecule has 2 aromatic carbocycles. The Bertz CT molecular complexity index is 1070. The van der Waals surface area contributed by atoms with Crippen LogP contribution in [0.25, 0.3) is 0 Å². The number of nitro groups is 1. The smallest absolute Gasteiger partial charge is 0.271 e. The van der Waals surface area contributed by atoms with Crippen LogP contribution in [0.15, 0.2) is 36.4 Å². The van der Waals surface area contributed by atoms with Gasteiger partial charge >= 0.3 is 0 Å². The van der Waals surface area contributed by atoms with Gasteiger partial charge in [0.15, 0.2) is 0 Å². The minimum Gasteiger partial charge on any atom is -0.324 e. The number of carbonyl (C=O) groups is 1. The Morgan fingerprint density at radius 2 is 1.83 bits per heavy atom. The molecule has 8 nitrogen and oxygen atoms in total. The first-order valence-electron chi connectivity index (χ1n) is 9.65. The SMILES string of the molecule is CCc1cccc(C)c1NC(=O)[C@H](CC)N(c1cc([N+](=O)[O-])ccc1C)S(C)(=O)=O. The van der Waals surface area contributed by atoms with Crippen LogP contribution in [-0.2, 0) is 21.2 Å². The number of anilines is 2. The maximum Gasteiger partial charge on any atom is 0.271 e. The van der Waals surface area contributed by atoms with E-state index in [4.69, 9.17) is 0 Å². The number of hydrogen-bond donors (Lipinski definition) is 1. The van der Waals surface area contributed by atoms with E-state index in [1.54, 1.807) is 13.8 Å². The predicted octanol–water partition coefficient (Wildman–Crippen LogP) is 3.96. The number of nitrogens with one attached hydrogen (secondary N) is 1. The molecule has 0 saturated carbocycles. The Hall–Kier alpha value is -2.94. The second-order valence-electron chi connectivity index (χ2n) is 7.16. The van der Waals surface area contributed by atoms with Crippen molar-refractivity contribution >= 4 is 33.0 Å². The molecule has 1 atom stereocenters. The van der Waals surface area contributed by atoms with Crippen molar-refractivity contribution in [3.63, 3.8) is 0 Å². The lowest BCUT2D eigenvalue weighted by molar-refractivity contribution is -0.384.